The van der Waals surface area contributed by atoms with Crippen LogP contribution >= 0.6 is 11.8 Å². The van der Waals surface area contributed by atoms with Crippen LogP contribution in [0.2, 0.25) is 0 Å². The lowest BCUT2D eigenvalue weighted by Crippen LogP contribution is -2.58. The number of nitrogens with one attached hydrogen (secondary N) is 4. The number of fused-ring (bicyclic) bond motifs is 1. The Labute approximate surface area is 270 Å². The Balaban J connectivity index is 1.53. The molecule has 13 nitrogen and oxygen atoms in total. The summed E-state index contributed by atoms with van der Waals surface area (Å²) in [6.45, 7) is 1.51. The molecule has 7 N–H and O–H groups in total. The van der Waals surface area contributed by atoms with E-state index in [1.807, 2.05) is 30.5 Å². The van der Waals surface area contributed by atoms with Crippen LogP contribution in [0.3, 0.4) is 0 Å². The van der Waals surface area contributed by atoms with Crippen LogP contribution in [0.5, 0.6) is 0 Å². The number of carboxylic acid groups (broad SMARTS) is 1. The zero-order valence-electron chi connectivity index (χ0n) is 25.5. The number of nitrogens with zero attached hydrogens (tertiary/aromatic N) is 1. The topological polar surface area (TPSA) is 204 Å². The second kappa shape index (κ2) is 15.4. The summed E-state index contributed by atoms with van der Waals surface area (Å²) in [5.74, 6) is -4.70. The van der Waals surface area contributed by atoms with E-state index in [2.05, 4.69) is 20.9 Å². The molecule has 5 amide bonds. The number of carbonyl (C=O) groups excluding carboxylic acids is 5. The number of amides is 5. The summed E-state index contributed by atoms with van der Waals surface area (Å²) < 4.78 is 0. The van der Waals surface area contributed by atoms with Crippen molar-refractivity contribution >= 4 is 58.2 Å². The Morgan fingerprint density at radius 2 is 1.65 bits per heavy atom. The highest BCUT2D eigenvalue weighted by Gasteiger charge is 2.43. The molecule has 0 unspecified atom stereocenters. The van der Waals surface area contributed by atoms with Crippen LogP contribution in [-0.4, -0.2) is 92.7 Å². The number of carbonyl (C=O) groups is 6. The molecule has 0 radical (unpaired) electrons. The SMILES string of the molecule is CS[C@H]1C[C@@H](C(=O)N[C@@H](CC(=O)O)C(=O)N[C@@H](Cc2ccccc2)C(N)=O)N(C(=O)[C@H](Cc2c[nH]c3ccccc23)NC(C)=O)C1. The fourth-order valence-corrected chi connectivity index (χ4v) is 6.31. The third-order valence-electron chi connectivity index (χ3n) is 7.91. The van der Waals surface area contributed by atoms with Gasteiger partial charge in [0, 0.05) is 48.7 Å². The van der Waals surface area contributed by atoms with Gasteiger partial charge in [0.2, 0.25) is 29.5 Å². The fraction of sp³-hybridized carbons (Fsp3) is 0.375. The van der Waals surface area contributed by atoms with Crippen LogP contribution in [0, 0.1) is 0 Å². The van der Waals surface area contributed by atoms with Gasteiger partial charge in [0.1, 0.15) is 24.2 Å². The molecule has 4 rings (SSSR count). The molecule has 1 aromatic heterocycles. The summed E-state index contributed by atoms with van der Waals surface area (Å²) in [4.78, 5) is 81.5. The maximum Gasteiger partial charge on any atom is 0.305 e. The van der Waals surface area contributed by atoms with Crippen molar-refractivity contribution in [3.05, 3.63) is 71.9 Å². The molecule has 5 atom stereocenters. The number of H-pyrrole nitrogens is 1. The summed E-state index contributed by atoms with van der Waals surface area (Å²) in [5, 5.41) is 18.0. The minimum atomic E-state index is -1.55. The van der Waals surface area contributed by atoms with Crippen molar-refractivity contribution in [1.82, 2.24) is 25.8 Å². The number of rotatable bonds is 14. The van der Waals surface area contributed by atoms with E-state index >= 15 is 0 Å². The lowest BCUT2D eigenvalue weighted by Gasteiger charge is -2.29. The normalized spacial score (nSPS) is 17.9. The maximum absolute atomic E-state index is 14.0. The van der Waals surface area contributed by atoms with Gasteiger partial charge in [-0.3, -0.25) is 28.8 Å². The van der Waals surface area contributed by atoms with E-state index in [-0.39, 0.29) is 31.1 Å². The quantitative estimate of drug-likeness (QED) is 0.146. The zero-order chi connectivity index (χ0) is 33.4. The van der Waals surface area contributed by atoms with Gasteiger partial charge < -0.3 is 36.7 Å². The number of carboxylic acids is 1. The van der Waals surface area contributed by atoms with Crippen LogP contribution < -0.4 is 21.7 Å². The summed E-state index contributed by atoms with van der Waals surface area (Å²) in [5.41, 5.74) is 7.92. The minimum absolute atomic E-state index is 0.0664. The van der Waals surface area contributed by atoms with Gasteiger partial charge >= 0.3 is 5.97 Å². The molecule has 1 saturated heterocycles. The smallest absolute Gasteiger partial charge is 0.305 e. The zero-order valence-corrected chi connectivity index (χ0v) is 26.3. The Bertz CT molecular complexity index is 1600. The Morgan fingerprint density at radius 1 is 0.957 bits per heavy atom. The van der Waals surface area contributed by atoms with Crippen molar-refractivity contribution in [2.24, 2.45) is 5.73 Å². The van der Waals surface area contributed by atoms with Crippen LogP contribution in [0.1, 0.15) is 30.9 Å². The number of benzene rings is 2. The molecule has 0 saturated carbocycles. The molecule has 1 aliphatic heterocycles. The van der Waals surface area contributed by atoms with Crippen LogP contribution in [-0.2, 0) is 41.6 Å². The number of nitrogens with two attached hydrogens (primary N) is 1. The first-order valence-electron chi connectivity index (χ1n) is 14.8. The van der Waals surface area contributed by atoms with E-state index in [9.17, 15) is 33.9 Å². The molecule has 14 heteroatoms. The fourth-order valence-electron chi connectivity index (χ4n) is 5.62. The Morgan fingerprint density at radius 3 is 2.30 bits per heavy atom. The summed E-state index contributed by atoms with van der Waals surface area (Å²) >= 11 is 1.46. The van der Waals surface area contributed by atoms with Gasteiger partial charge in [0.25, 0.3) is 0 Å². The van der Waals surface area contributed by atoms with Crippen molar-refractivity contribution < 1.29 is 33.9 Å². The molecule has 1 fully saturated rings. The van der Waals surface area contributed by atoms with E-state index in [0.717, 1.165) is 22.0 Å². The highest BCUT2D eigenvalue weighted by molar-refractivity contribution is 7.99. The number of likely N-dealkylation sites (tertiary alicyclic amines) is 1. The minimum Gasteiger partial charge on any atom is -0.481 e. The number of aliphatic carboxylic acids is 1. The highest BCUT2D eigenvalue weighted by Crippen LogP contribution is 2.28. The number of aromatic nitrogens is 1. The van der Waals surface area contributed by atoms with Crippen molar-refractivity contribution in [1.29, 1.82) is 0 Å². The monoisotopic (exact) mass is 650 g/mol. The number of hydrogen-bond acceptors (Lipinski definition) is 7. The molecule has 2 aromatic carbocycles. The average molecular weight is 651 g/mol. The standard InChI is InChI=1S/C32H38N6O7S/c1-18(39)35-26(13-20-16-34-23-11-7-6-10-22(20)23)32(45)38-17-21(46-2)14-27(38)31(44)37-25(15-28(40)41)30(43)36-24(29(33)42)12-19-8-4-3-5-9-19/h3-11,16,21,24-27,34H,12-15,17H2,1-2H3,(H2,33,42)(H,35,39)(H,36,43)(H,37,44)(H,40,41)/t21-,24-,25-,26-,27-/m0/s1. The maximum atomic E-state index is 14.0. The molecule has 0 spiro atoms. The van der Waals surface area contributed by atoms with Crippen molar-refractivity contribution in [3.8, 4) is 0 Å². The van der Waals surface area contributed by atoms with Crippen molar-refractivity contribution in [2.75, 3.05) is 12.8 Å². The number of para-hydroxylation sites is 1. The Hall–Kier alpha value is -4.85. The molecule has 0 aliphatic carbocycles. The molecular weight excluding hydrogens is 612 g/mol. The van der Waals surface area contributed by atoms with Gasteiger partial charge in [-0.25, -0.2) is 0 Å². The average Bonchev–Trinajstić information content (AvgIpc) is 3.64. The van der Waals surface area contributed by atoms with Crippen molar-refractivity contribution in [3.63, 3.8) is 0 Å². The summed E-state index contributed by atoms with van der Waals surface area (Å²) in [7, 11) is 0. The second-order valence-corrected chi connectivity index (χ2v) is 12.4. The predicted octanol–water partition coefficient (Wildman–Crippen LogP) is 0.720. The largest absolute Gasteiger partial charge is 0.481 e. The Kier molecular flexibility index (Phi) is 11.4. The lowest BCUT2D eigenvalue weighted by atomic mass is 10.0. The number of primary amides is 1. The molecule has 2 heterocycles. The number of aromatic amines is 1. The van der Waals surface area contributed by atoms with Crippen molar-refractivity contribution in [2.45, 2.75) is 62.0 Å². The number of thioether (sulfide) groups is 1. The van der Waals surface area contributed by atoms with Crippen LogP contribution in [0.25, 0.3) is 10.9 Å². The van der Waals surface area contributed by atoms with E-state index in [1.54, 1.807) is 36.5 Å². The van der Waals surface area contributed by atoms with E-state index in [4.69, 9.17) is 5.73 Å². The molecule has 1 aliphatic rings. The van der Waals surface area contributed by atoms with E-state index in [0.29, 0.717) is 0 Å². The van der Waals surface area contributed by atoms with Gasteiger partial charge in [-0.05, 0) is 29.9 Å². The van der Waals surface area contributed by atoms with Crippen LogP contribution in [0.4, 0.5) is 0 Å². The highest BCUT2D eigenvalue weighted by atomic mass is 32.2. The first-order valence-corrected chi connectivity index (χ1v) is 16.1. The molecule has 3 aromatic rings. The van der Waals surface area contributed by atoms with Gasteiger partial charge in [-0.2, -0.15) is 11.8 Å². The predicted molar refractivity (Wildman–Crippen MR) is 172 cm³/mol. The van der Waals surface area contributed by atoms with Gasteiger partial charge in [0.05, 0.1) is 6.42 Å². The van der Waals surface area contributed by atoms with E-state index < -0.39 is 66.1 Å². The first kappa shape index (κ1) is 34.0. The first-order chi connectivity index (χ1) is 22.0. The third-order valence-corrected chi connectivity index (χ3v) is 8.92. The molecular formula is C32H38N6O7S. The van der Waals surface area contributed by atoms with Gasteiger partial charge in [-0.1, -0.05) is 48.5 Å². The van der Waals surface area contributed by atoms with Gasteiger partial charge in [0.15, 0.2) is 0 Å². The summed E-state index contributed by atoms with van der Waals surface area (Å²) in [6, 6.07) is 11.6. The second-order valence-electron chi connectivity index (χ2n) is 11.2. The lowest BCUT2D eigenvalue weighted by molar-refractivity contribution is -0.144. The van der Waals surface area contributed by atoms with E-state index in [1.165, 1.54) is 23.6 Å². The van der Waals surface area contributed by atoms with Gasteiger partial charge in [-0.15, -0.1) is 0 Å². The molecule has 0 bridgehead atoms. The third kappa shape index (κ3) is 8.65. The van der Waals surface area contributed by atoms with Crippen LogP contribution in [0.15, 0.2) is 60.8 Å². The summed E-state index contributed by atoms with van der Waals surface area (Å²) in [6.07, 6.45) is 3.34. The molecule has 46 heavy (non-hydrogen) atoms. The number of hydrogen-bond donors (Lipinski definition) is 6. The molecule has 244 valence electrons.